The molecule has 0 aliphatic rings. The van der Waals surface area contributed by atoms with Crippen molar-refractivity contribution < 1.29 is 0 Å². The van der Waals surface area contributed by atoms with Gasteiger partial charge in [-0.05, 0) is 31.9 Å². The first-order chi connectivity index (χ1) is 6.77. The van der Waals surface area contributed by atoms with Crippen LogP contribution < -0.4 is 5.32 Å². The van der Waals surface area contributed by atoms with Gasteiger partial charge in [0.05, 0.1) is 5.69 Å². The van der Waals surface area contributed by atoms with E-state index in [1.165, 1.54) is 12.8 Å². The molecule has 1 N–H and O–H groups in total. The van der Waals surface area contributed by atoms with E-state index in [-0.39, 0.29) is 0 Å². The highest BCUT2D eigenvalue weighted by Crippen LogP contribution is 2.10. The quantitative estimate of drug-likeness (QED) is 0.776. The topological polar surface area (TPSA) is 24.9 Å². The zero-order valence-corrected chi connectivity index (χ0v) is 9.33. The van der Waals surface area contributed by atoms with Gasteiger partial charge in [-0.15, -0.1) is 0 Å². The molecular formula is C12H20N2. The van der Waals surface area contributed by atoms with Crippen LogP contribution in [0.4, 0.5) is 0 Å². The van der Waals surface area contributed by atoms with Crippen LogP contribution >= 0.6 is 0 Å². The van der Waals surface area contributed by atoms with Gasteiger partial charge in [0.1, 0.15) is 0 Å². The minimum atomic E-state index is 0.348. The highest BCUT2D eigenvalue weighted by Gasteiger charge is 2.10. The number of nitrogens with one attached hydrogen (secondary N) is 1. The summed E-state index contributed by atoms with van der Waals surface area (Å²) in [5, 5.41) is 3.57. The lowest BCUT2D eigenvalue weighted by Gasteiger charge is -2.20. The van der Waals surface area contributed by atoms with Crippen molar-refractivity contribution in [1.82, 2.24) is 10.3 Å². The molecule has 1 aromatic rings. The molecule has 1 heterocycles. The average Bonchev–Trinajstić information content (AvgIpc) is 2.26. The molecule has 0 amide bonds. The maximum absolute atomic E-state index is 4.34. The lowest BCUT2D eigenvalue weighted by Crippen LogP contribution is -2.30. The third-order valence-electron chi connectivity index (χ3n) is 2.60. The number of rotatable bonds is 5. The van der Waals surface area contributed by atoms with Gasteiger partial charge in [0.2, 0.25) is 0 Å². The molecule has 1 unspecified atom stereocenters. The zero-order chi connectivity index (χ0) is 10.4. The summed E-state index contributed by atoms with van der Waals surface area (Å²) in [5.41, 5.74) is 1.12. The summed E-state index contributed by atoms with van der Waals surface area (Å²) in [7, 11) is 0. The Morgan fingerprint density at radius 3 is 2.50 bits per heavy atom. The molecule has 1 atom stereocenters. The van der Waals surface area contributed by atoms with Crippen molar-refractivity contribution in [3.63, 3.8) is 0 Å². The van der Waals surface area contributed by atoms with E-state index in [0.717, 1.165) is 5.69 Å². The van der Waals surface area contributed by atoms with Crippen LogP contribution in [0.3, 0.4) is 0 Å². The second-order valence-corrected chi connectivity index (χ2v) is 3.66. The third kappa shape index (κ3) is 3.11. The standard InChI is InChI=1S/C12H20N2/c1-4-11(5-2)14-10(3)12-8-6-7-9-13-12/h6-11,14H,4-5H2,1-3H3. The predicted molar refractivity (Wildman–Crippen MR) is 60.2 cm³/mol. The average molecular weight is 192 g/mol. The molecule has 0 aliphatic heterocycles. The van der Waals surface area contributed by atoms with Crippen molar-refractivity contribution in [2.45, 2.75) is 45.7 Å². The number of hydrogen-bond donors (Lipinski definition) is 1. The summed E-state index contributed by atoms with van der Waals surface area (Å²) in [6.07, 6.45) is 4.20. The highest BCUT2D eigenvalue weighted by atomic mass is 15.0. The SMILES string of the molecule is CCC(CC)NC(C)c1ccccn1. The Balaban J connectivity index is 2.54. The molecule has 0 fully saturated rings. The third-order valence-corrected chi connectivity index (χ3v) is 2.60. The molecule has 0 aliphatic carbocycles. The van der Waals surface area contributed by atoms with Gasteiger partial charge in [-0.2, -0.15) is 0 Å². The Labute approximate surface area is 86.8 Å². The van der Waals surface area contributed by atoms with Crippen LogP contribution in [-0.2, 0) is 0 Å². The number of nitrogens with zero attached hydrogens (tertiary/aromatic N) is 1. The molecule has 0 radical (unpaired) electrons. The predicted octanol–water partition coefficient (Wildman–Crippen LogP) is 2.92. The van der Waals surface area contributed by atoms with E-state index in [2.05, 4.69) is 37.1 Å². The summed E-state index contributed by atoms with van der Waals surface area (Å²) in [6, 6.07) is 7.01. The lowest BCUT2D eigenvalue weighted by atomic mass is 10.1. The van der Waals surface area contributed by atoms with Crippen LogP contribution in [-0.4, -0.2) is 11.0 Å². The second kappa shape index (κ2) is 5.76. The van der Waals surface area contributed by atoms with Crippen LogP contribution in [0, 0.1) is 0 Å². The summed E-state index contributed by atoms with van der Waals surface area (Å²) in [6.45, 7) is 6.60. The van der Waals surface area contributed by atoms with E-state index >= 15 is 0 Å². The van der Waals surface area contributed by atoms with E-state index in [0.29, 0.717) is 12.1 Å². The van der Waals surface area contributed by atoms with E-state index in [4.69, 9.17) is 0 Å². The minimum absolute atomic E-state index is 0.348. The van der Waals surface area contributed by atoms with Gasteiger partial charge in [0, 0.05) is 18.3 Å². The first kappa shape index (κ1) is 11.2. The molecule has 0 aromatic carbocycles. The van der Waals surface area contributed by atoms with Crippen LogP contribution in [0.2, 0.25) is 0 Å². The number of pyridine rings is 1. The number of aromatic nitrogens is 1. The van der Waals surface area contributed by atoms with Gasteiger partial charge in [-0.25, -0.2) is 0 Å². The first-order valence-corrected chi connectivity index (χ1v) is 5.44. The molecule has 2 nitrogen and oxygen atoms in total. The van der Waals surface area contributed by atoms with Gasteiger partial charge in [-0.3, -0.25) is 4.98 Å². The molecule has 14 heavy (non-hydrogen) atoms. The first-order valence-electron chi connectivity index (χ1n) is 5.44. The van der Waals surface area contributed by atoms with Crippen LogP contribution in [0.1, 0.15) is 45.3 Å². The Hall–Kier alpha value is -0.890. The molecular weight excluding hydrogens is 172 g/mol. The Morgan fingerprint density at radius 1 is 1.29 bits per heavy atom. The fraction of sp³-hybridized carbons (Fsp3) is 0.583. The van der Waals surface area contributed by atoms with Gasteiger partial charge in [0.25, 0.3) is 0 Å². The summed E-state index contributed by atoms with van der Waals surface area (Å²) < 4.78 is 0. The second-order valence-electron chi connectivity index (χ2n) is 3.66. The molecule has 0 spiro atoms. The summed E-state index contributed by atoms with van der Waals surface area (Å²) in [5.74, 6) is 0. The van der Waals surface area contributed by atoms with Crippen LogP contribution in [0.25, 0.3) is 0 Å². The molecule has 2 heteroatoms. The van der Waals surface area contributed by atoms with Crippen molar-refractivity contribution in [3.8, 4) is 0 Å². The van der Waals surface area contributed by atoms with Gasteiger partial charge < -0.3 is 5.32 Å². The van der Waals surface area contributed by atoms with E-state index in [1.54, 1.807) is 0 Å². The zero-order valence-electron chi connectivity index (χ0n) is 9.33. The molecule has 0 saturated carbocycles. The largest absolute Gasteiger partial charge is 0.306 e. The van der Waals surface area contributed by atoms with Gasteiger partial charge in [0.15, 0.2) is 0 Å². The van der Waals surface area contributed by atoms with Gasteiger partial charge >= 0.3 is 0 Å². The van der Waals surface area contributed by atoms with E-state index in [9.17, 15) is 0 Å². The highest BCUT2D eigenvalue weighted by molar-refractivity contribution is 5.07. The molecule has 1 rings (SSSR count). The fourth-order valence-electron chi connectivity index (χ4n) is 1.60. The van der Waals surface area contributed by atoms with Gasteiger partial charge in [-0.1, -0.05) is 19.9 Å². The van der Waals surface area contributed by atoms with Crippen molar-refractivity contribution in [2.24, 2.45) is 0 Å². The smallest absolute Gasteiger partial charge is 0.0570 e. The van der Waals surface area contributed by atoms with Crippen molar-refractivity contribution >= 4 is 0 Å². The molecule has 1 aromatic heterocycles. The Morgan fingerprint density at radius 2 is 2.00 bits per heavy atom. The van der Waals surface area contributed by atoms with Crippen molar-refractivity contribution in [3.05, 3.63) is 30.1 Å². The normalized spacial score (nSPS) is 13.1. The monoisotopic (exact) mass is 192 g/mol. The maximum atomic E-state index is 4.34. The van der Waals surface area contributed by atoms with Crippen LogP contribution in [0.5, 0.6) is 0 Å². The van der Waals surface area contributed by atoms with Crippen molar-refractivity contribution in [2.75, 3.05) is 0 Å². The molecule has 78 valence electrons. The summed E-state index contributed by atoms with van der Waals surface area (Å²) >= 11 is 0. The summed E-state index contributed by atoms with van der Waals surface area (Å²) in [4.78, 5) is 4.34. The maximum Gasteiger partial charge on any atom is 0.0570 e. The van der Waals surface area contributed by atoms with Crippen molar-refractivity contribution in [1.29, 1.82) is 0 Å². The molecule has 0 saturated heterocycles. The Kier molecular flexibility index (Phi) is 4.60. The molecule has 0 bridgehead atoms. The fourth-order valence-corrected chi connectivity index (χ4v) is 1.60. The van der Waals surface area contributed by atoms with Crippen LogP contribution in [0.15, 0.2) is 24.4 Å². The van der Waals surface area contributed by atoms with E-state index in [1.807, 2.05) is 18.3 Å². The number of hydrogen-bond acceptors (Lipinski definition) is 2. The minimum Gasteiger partial charge on any atom is -0.306 e. The van der Waals surface area contributed by atoms with E-state index < -0.39 is 0 Å². The lowest BCUT2D eigenvalue weighted by molar-refractivity contribution is 0.427. The Bertz CT molecular complexity index is 242.